The Balaban J connectivity index is 0.00000380. The molecule has 1 aliphatic heterocycles. The lowest BCUT2D eigenvalue weighted by Crippen LogP contribution is -2.48. The summed E-state index contributed by atoms with van der Waals surface area (Å²) in [5.74, 6) is -0.210. The number of halogens is 1. The molecule has 3 aromatic rings. The molecule has 1 aliphatic rings. The van der Waals surface area contributed by atoms with E-state index in [1.807, 2.05) is 51.2 Å². The van der Waals surface area contributed by atoms with Crippen LogP contribution in [-0.2, 0) is 14.8 Å². The lowest BCUT2D eigenvalue weighted by atomic mass is 10.2. The number of benzene rings is 2. The van der Waals surface area contributed by atoms with Crippen LogP contribution in [0.1, 0.15) is 24.2 Å². The van der Waals surface area contributed by atoms with Gasteiger partial charge in [-0.2, -0.15) is 4.31 Å². The number of aromatic nitrogens is 1. The van der Waals surface area contributed by atoms with Crippen LogP contribution in [0, 0.1) is 0 Å². The van der Waals surface area contributed by atoms with Gasteiger partial charge in [0.1, 0.15) is 0 Å². The molecule has 1 amide bonds. The highest BCUT2D eigenvalue weighted by Gasteiger charge is 2.32. The van der Waals surface area contributed by atoms with Crippen LogP contribution in [0.5, 0.6) is 0 Å². The number of thiazole rings is 1. The van der Waals surface area contributed by atoms with Crippen molar-refractivity contribution < 1.29 is 17.9 Å². The number of ether oxygens (including phenoxy) is 1. The van der Waals surface area contributed by atoms with Crippen LogP contribution < -0.4 is 4.90 Å². The fourth-order valence-electron chi connectivity index (χ4n) is 4.12. The fraction of sp³-hybridized carbons (Fsp3) is 0.440. The average molecular weight is 585 g/mol. The minimum Gasteiger partial charge on any atom is -0.373 e. The van der Waals surface area contributed by atoms with Crippen LogP contribution in [0.2, 0.25) is 0 Å². The average Bonchev–Trinajstić information content (AvgIpc) is 3.26. The number of morpholine rings is 1. The Morgan fingerprint density at radius 2 is 1.76 bits per heavy atom. The molecule has 0 aliphatic carbocycles. The Hall–Kier alpha value is -1.73. The molecule has 1 aromatic heterocycles. The third-order valence-corrected chi connectivity index (χ3v) is 9.57. The van der Waals surface area contributed by atoms with Gasteiger partial charge in [0.2, 0.25) is 10.0 Å². The van der Waals surface area contributed by atoms with Gasteiger partial charge in [-0.25, -0.2) is 13.4 Å². The zero-order valence-electron chi connectivity index (χ0n) is 21.6. The maximum Gasteiger partial charge on any atom is 0.260 e. The fourth-order valence-corrected chi connectivity index (χ4v) is 7.25. The summed E-state index contributed by atoms with van der Waals surface area (Å²) in [6.07, 6.45) is 1.69. The van der Waals surface area contributed by atoms with Crippen molar-refractivity contribution in [3.05, 3.63) is 48.0 Å². The number of nitrogens with zero attached hydrogens (tertiary/aromatic N) is 4. The molecule has 4 rings (SSSR count). The first-order valence-corrected chi connectivity index (χ1v) is 15.2. The molecule has 2 unspecified atom stereocenters. The van der Waals surface area contributed by atoms with Crippen molar-refractivity contribution in [1.29, 1.82) is 0 Å². The first kappa shape index (κ1) is 29.8. The summed E-state index contributed by atoms with van der Waals surface area (Å²) in [5, 5.41) is 0.628. The highest BCUT2D eigenvalue weighted by molar-refractivity contribution is 7.98. The molecule has 0 N–H and O–H groups in total. The quantitative estimate of drug-likeness (QED) is 0.362. The van der Waals surface area contributed by atoms with E-state index in [9.17, 15) is 13.2 Å². The van der Waals surface area contributed by atoms with Gasteiger partial charge in [-0.05, 0) is 76.7 Å². The SMILES string of the molecule is CSc1ccc2nc(N(CCN(C)C)C(=O)c3ccc(S(=O)(=O)N4CC(C)OC(C)C4)cc3)sc2c1.Cl. The Bertz CT molecular complexity index is 1320. The molecule has 1 fully saturated rings. The number of hydrogen-bond donors (Lipinski definition) is 0. The second-order valence-corrected chi connectivity index (χ2v) is 13.0. The Labute approximate surface area is 233 Å². The summed E-state index contributed by atoms with van der Waals surface area (Å²) in [5.41, 5.74) is 1.27. The van der Waals surface area contributed by atoms with Crippen LogP contribution in [0.25, 0.3) is 10.2 Å². The predicted molar refractivity (Wildman–Crippen MR) is 154 cm³/mol. The van der Waals surface area contributed by atoms with Gasteiger partial charge < -0.3 is 9.64 Å². The Morgan fingerprint density at radius 1 is 1.11 bits per heavy atom. The molecule has 0 bridgehead atoms. The summed E-state index contributed by atoms with van der Waals surface area (Å²) >= 11 is 3.15. The number of sulfonamides is 1. The molecule has 8 nitrogen and oxygen atoms in total. The van der Waals surface area contributed by atoms with Gasteiger partial charge in [0.15, 0.2) is 5.13 Å². The van der Waals surface area contributed by atoms with Crippen molar-refractivity contribution in [1.82, 2.24) is 14.2 Å². The van der Waals surface area contributed by atoms with Crippen molar-refractivity contribution in [3.63, 3.8) is 0 Å². The maximum absolute atomic E-state index is 13.6. The molecule has 2 atom stereocenters. The number of carbonyl (C=O) groups is 1. The van der Waals surface area contributed by atoms with Crippen LogP contribution in [-0.4, -0.2) is 87.3 Å². The zero-order valence-corrected chi connectivity index (χ0v) is 24.8. The summed E-state index contributed by atoms with van der Waals surface area (Å²) in [6, 6.07) is 12.3. The van der Waals surface area contributed by atoms with Crippen molar-refractivity contribution in [2.45, 2.75) is 35.8 Å². The second kappa shape index (κ2) is 12.4. The summed E-state index contributed by atoms with van der Waals surface area (Å²) in [6.45, 7) is 5.48. The smallest absolute Gasteiger partial charge is 0.260 e. The van der Waals surface area contributed by atoms with Gasteiger partial charge >= 0.3 is 0 Å². The molecular formula is C25H33ClN4O4S3. The first-order valence-electron chi connectivity index (χ1n) is 11.8. The normalized spacial score (nSPS) is 18.6. The van der Waals surface area contributed by atoms with Gasteiger partial charge in [0.25, 0.3) is 5.91 Å². The minimum atomic E-state index is -3.68. The van der Waals surface area contributed by atoms with Gasteiger partial charge in [-0.1, -0.05) is 11.3 Å². The van der Waals surface area contributed by atoms with E-state index in [0.717, 1.165) is 15.1 Å². The number of rotatable bonds is 8. The minimum absolute atomic E-state index is 0. The number of fused-ring (bicyclic) bond motifs is 1. The van der Waals surface area contributed by atoms with Gasteiger partial charge in [-0.3, -0.25) is 9.69 Å². The number of carbonyl (C=O) groups excluding carboxylic acids is 1. The van der Waals surface area contributed by atoms with Crippen LogP contribution in [0.3, 0.4) is 0 Å². The van der Waals surface area contributed by atoms with Gasteiger partial charge in [0.05, 0.1) is 27.3 Å². The molecule has 0 radical (unpaired) electrons. The molecule has 1 saturated heterocycles. The van der Waals surface area contributed by atoms with E-state index in [1.165, 1.54) is 27.8 Å². The van der Waals surface area contributed by atoms with Gasteiger partial charge in [0, 0.05) is 36.6 Å². The number of anilines is 1. The zero-order chi connectivity index (χ0) is 26.0. The molecular weight excluding hydrogens is 552 g/mol. The number of thioether (sulfide) groups is 1. The third-order valence-electron chi connectivity index (χ3n) is 5.96. The van der Waals surface area contributed by atoms with Crippen LogP contribution >= 0.6 is 35.5 Å². The van der Waals surface area contributed by atoms with E-state index in [2.05, 4.69) is 6.07 Å². The second-order valence-electron chi connectivity index (χ2n) is 9.19. The lowest BCUT2D eigenvalue weighted by molar-refractivity contribution is -0.0440. The van der Waals surface area contributed by atoms with Crippen molar-refractivity contribution >= 4 is 66.8 Å². The van der Waals surface area contributed by atoms with E-state index in [1.54, 1.807) is 28.8 Å². The first-order chi connectivity index (χ1) is 17.1. The van der Waals surface area contributed by atoms with Crippen molar-refractivity contribution in [3.8, 4) is 0 Å². The number of amides is 1. The van der Waals surface area contributed by atoms with Crippen LogP contribution in [0.15, 0.2) is 52.3 Å². The monoisotopic (exact) mass is 584 g/mol. The highest BCUT2D eigenvalue weighted by Crippen LogP contribution is 2.32. The summed E-state index contributed by atoms with van der Waals surface area (Å²) < 4.78 is 34.6. The topological polar surface area (TPSA) is 83.1 Å². The third kappa shape index (κ3) is 6.83. The molecule has 12 heteroatoms. The van der Waals surface area contributed by atoms with E-state index in [-0.39, 0.29) is 35.4 Å². The lowest BCUT2D eigenvalue weighted by Gasteiger charge is -2.34. The molecule has 0 saturated carbocycles. The molecule has 37 heavy (non-hydrogen) atoms. The van der Waals surface area contributed by atoms with Gasteiger partial charge in [-0.15, -0.1) is 24.2 Å². The van der Waals surface area contributed by atoms with E-state index in [4.69, 9.17) is 9.72 Å². The summed E-state index contributed by atoms with van der Waals surface area (Å²) in [4.78, 5) is 23.3. The van der Waals surface area contributed by atoms with E-state index >= 15 is 0 Å². The largest absolute Gasteiger partial charge is 0.373 e. The maximum atomic E-state index is 13.6. The highest BCUT2D eigenvalue weighted by atomic mass is 35.5. The Kier molecular flexibility index (Phi) is 10.0. The standard InChI is InChI=1S/C25H32N4O4S3.ClH/c1-17-15-28(16-18(2)33-17)36(31,32)21-9-6-19(7-10-21)24(30)29(13-12-27(3)4)25-26-22-11-8-20(34-5)14-23(22)35-25;/h6-11,14,17-18H,12-13,15-16H2,1-5H3;1H. The molecule has 2 aromatic carbocycles. The molecule has 2 heterocycles. The summed E-state index contributed by atoms with van der Waals surface area (Å²) in [7, 11) is 0.236. The van der Waals surface area contributed by atoms with Crippen LogP contribution in [0.4, 0.5) is 5.13 Å². The van der Waals surface area contributed by atoms with Crippen molar-refractivity contribution in [2.24, 2.45) is 0 Å². The molecule has 0 spiro atoms. The number of likely N-dealkylation sites (N-methyl/N-ethyl adjacent to an activating group) is 1. The Morgan fingerprint density at radius 3 is 2.35 bits per heavy atom. The van der Waals surface area contributed by atoms with E-state index < -0.39 is 10.0 Å². The molecule has 202 valence electrons. The van der Waals surface area contributed by atoms with E-state index in [0.29, 0.717) is 36.9 Å². The number of hydrogen-bond acceptors (Lipinski definition) is 8. The predicted octanol–water partition coefficient (Wildman–Crippen LogP) is 4.45. The van der Waals surface area contributed by atoms with Crippen molar-refractivity contribution in [2.75, 3.05) is 51.4 Å².